The second kappa shape index (κ2) is 12.3. The molecule has 2 amide bonds. The molecule has 0 aliphatic carbocycles. The predicted octanol–water partition coefficient (Wildman–Crippen LogP) is 3.89. The lowest BCUT2D eigenvalue weighted by Crippen LogP contribution is -2.57. The third-order valence-electron chi connectivity index (χ3n) is 7.62. The van der Waals surface area contributed by atoms with Crippen molar-refractivity contribution in [1.82, 2.24) is 4.90 Å². The summed E-state index contributed by atoms with van der Waals surface area (Å²) in [7, 11) is 0. The van der Waals surface area contributed by atoms with E-state index < -0.39 is 35.6 Å². The van der Waals surface area contributed by atoms with Gasteiger partial charge in [-0.3, -0.25) is 14.4 Å². The number of carbonyl (C=O) groups excluding carboxylic acids is 3. The first-order chi connectivity index (χ1) is 18.3. The number of benzene rings is 1. The van der Waals surface area contributed by atoms with Crippen LogP contribution in [0.4, 0.5) is 5.69 Å². The number of nitrogens with zero attached hydrogens (tertiary/aromatic N) is 2. The number of halogens is 2. The van der Waals surface area contributed by atoms with Gasteiger partial charge in [-0.05, 0) is 44.2 Å². The van der Waals surface area contributed by atoms with Crippen molar-refractivity contribution in [1.29, 1.82) is 0 Å². The van der Waals surface area contributed by atoms with E-state index in [1.165, 1.54) is 9.80 Å². The quantitative estimate of drug-likeness (QED) is 0.158. The van der Waals surface area contributed by atoms with Crippen LogP contribution < -0.4 is 4.90 Å². The minimum absolute atomic E-state index is 0.0286. The number of anilines is 1. The van der Waals surface area contributed by atoms with Crippen molar-refractivity contribution in [2.75, 3.05) is 31.2 Å². The van der Waals surface area contributed by atoms with Gasteiger partial charge in [0.05, 0.1) is 35.3 Å². The molecule has 10 heteroatoms. The molecule has 0 radical (unpaired) electrons. The standard InChI is InChI=1S/C28H34BrClN2O6/c1-3-5-10-16-37-27(36)21-22-25(34)32(14-8-9-15-33)24(28(22)17-18(29)23(21)38-28)26(35)31(13-4-2)20-12-7-6-11-19(20)30/h3-4,6-7,11-12,18,21-24,33H,1-2,5,8-10,13-17H2/t18?,21-,22-,23-,24?,28?/m0/s1. The smallest absolute Gasteiger partial charge is 0.312 e. The Kier molecular flexibility index (Phi) is 9.34. The molecule has 4 rings (SSSR count). The lowest BCUT2D eigenvalue weighted by molar-refractivity contribution is -0.155. The van der Waals surface area contributed by atoms with Crippen molar-refractivity contribution in [3.05, 3.63) is 54.6 Å². The highest BCUT2D eigenvalue weighted by molar-refractivity contribution is 9.09. The molecule has 206 valence electrons. The van der Waals surface area contributed by atoms with Crippen molar-refractivity contribution in [3.8, 4) is 0 Å². The zero-order valence-electron chi connectivity index (χ0n) is 21.3. The molecule has 3 saturated heterocycles. The molecule has 3 aliphatic rings. The number of hydrogen-bond donors (Lipinski definition) is 1. The number of esters is 1. The largest absolute Gasteiger partial charge is 0.465 e. The Morgan fingerprint density at radius 3 is 2.71 bits per heavy atom. The summed E-state index contributed by atoms with van der Waals surface area (Å²) in [5.74, 6) is -2.79. The van der Waals surface area contributed by atoms with E-state index in [0.29, 0.717) is 42.8 Å². The van der Waals surface area contributed by atoms with Gasteiger partial charge in [0.15, 0.2) is 0 Å². The summed E-state index contributed by atoms with van der Waals surface area (Å²) in [4.78, 5) is 44.5. The number of carbonyl (C=O) groups is 3. The molecular weight excluding hydrogens is 576 g/mol. The molecule has 3 heterocycles. The number of aliphatic hydroxyl groups excluding tert-OH is 1. The summed E-state index contributed by atoms with van der Waals surface area (Å²) in [6.45, 7) is 8.11. The molecule has 1 N–H and O–H groups in total. The zero-order chi connectivity index (χ0) is 27.4. The van der Waals surface area contributed by atoms with Crippen LogP contribution in [-0.4, -0.2) is 76.7 Å². The fourth-order valence-electron chi connectivity index (χ4n) is 6.06. The predicted molar refractivity (Wildman–Crippen MR) is 148 cm³/mol. The Morgan fingerprint density at radius 1 is 1.26 bits per heavy atom. The second-order valence-electron chi connectivity index (χ2n) is 9.91. The van der Waals surface area contributed by atoms with E-state index in [1.54, 1.807) is 36.4 Å². The molecule has 3 fully saturated rings. The normalized spacial score (nSPS) is 29.3. The van der Waals surface area contributed by atoms with Crippen molar-refractivity contribution in [2.45, 2.75) is 54.7 Å². The van der Waals surface area contributed by atoms with Crippen molar-refractivity contribution in [2.24, 2.45) is 11.8 Å². The van der Waals surface area contributed by atoms with Crippen LogP contribution in [0.2, 0.25) is 5.02 Å². The molecule has 6 atom stereocenters. The van der Waals surface area contributed by atoms with E-state index >= 15 is 0 Å². The lowest BCUT2D eigenvalue weighted by atomic mass is 9.70. The van der Waals surface area contributed by atoms with Crippen LogP contribution in [0.3, 0.4) is 0 Å². The van der Waals surface area contributed by atoms with E-state index in [-0.39, 0.29) is 42.9 Å². The minimum Gasteiger partial charge on any atom is -0.465 e. The number of likely N-dealkylation sites (tertiary alicyclic amines) is 1. The van der Waals surface area contributed by atoms with Gasteiger partial charge in [0.25, 0.3) is 5.91 Å². The summed E-state index contributed by atoms with van der Waals surface area (Å²) in [6.07, 6.45) is 5.49. The van der Waals surface area contributed by atoms with Crippen molar-refractivity contribution < 1.29 is 29.0 Å². The van der Waals surface area contributed by atoms with Gasteiger partial charge < -0.3 is 24.4 Å². The number of ether oxygens (including phenoxy) is 2. The van der Waals surface area contributed by atoms with Gasteiger partial charge in [0, 0.05) is 24.5 Å². The van der Waals surface area contributed by atoms with Crippen molar-refractivity contribution >= 4 is 51.0 Å². The molecule has 1 aromatic carbocycles. The maximum absolute atomic E-state index is 14.4. The Balaban J connectivity index is 1.72. The summed E-state index contributed by atoms with van der Waals surface area (Å²) in [5, 5.41) is 9.74. The number of allylic oxidation sites excluding steroid dienone is 1. The monoisotopic (exact) mass is 608 g/mol. The maximum atomic E-state index is 14.4. The molecule has 3 aliphatic heterocycles. The van der Waals surface area contributed by atoms with Crippen LogP contribution in [0.25, 0.3) is 0 Å². The second-order valence-corrected chi connectivity index (χ2v) is 11.5. The Morgan fingerprint density at radius 2 is 2.03 bits per heavy atom. The zero-order valence-corrected chi connectivity index (χ0v) is 23.6. The number of hydrogen-bond acceptors (Lipinski definition) is 6. The van der Waals surface area contributed by atoms with E-state index in [2.05, 4.69) is 29.1 Å². The molecule has 0 saturated carbocycles. The highest BCUT2D eigenvalue weighted by atomic mass is 79.9. The molecule has 0 aromatic heterocycles. The van der Waals surface area contributed by atoms with Crippen LogP contribution >= 0.6 is 27.5 Å². The fourth-order valence-corrected chi connectivity index (χ4v) is 7.24. The number of para-hydroxylation sites is 1. The summed E-state index contributed by atoms with van der Waals surface area (Å²) < 4.78 is 12.1. The third kappa shape index (κ3) is 5.06. The average Bonchev–Trinajstić information content (AvgIpc) is 3.49. The van der Waals surface area contributed by atoms with Gasteiger partial charge in [0.2, 0.25) is 5.91 Å². The van der Waals surface area contributed by atoms with E-state index in [4.69, 9.17) is 21.1 Å². The number of unbranched alkanes of at least 4 members (excludes halogenated alkanes) is 2. The van der Waals surface area contributed by atoms with Crippen LogP contribution in [0.15, 0.2) is 49.6 Å². The van der Waals surface area contributed by atoms with Crippen LogP contribution in [0.5, 0.6) is 0 Å². The Bertz CT molecular complexity index is 1090. The number of rotatable bonds is 13. The molecule has 2 bridgehead atoms. The van der Waals surface area contributed by atoms with Gasteiger partial charge in [-0.1, -0.05) is 51.8 Å². The highest BCUT2D eigenvalue weighted by Gasteiger charge is 2.77. The van der Waals surface area contributed by atoms with Crippen LogP contribution in [-0.2, 0) is 23.9 Å². The number of fused-ring (bicyclic) bond motifs is 1. The third-order valence-corrected chi connectivity index (χ3v) is 8.78. The first-order valence-corrected chi connectivity index (χ1v) is 14.3. The fraction of sp³-hybridized carbons (Fsp3) is 0.536. The Labute approximate surface area is 236 Å². The summed E-state index contributed by atoms with van der Waals surface area (Å²) >= 11 is 10.1. The minimum atomic E-state index is -1.20. The number of aliphatic hydroxyl groups is 1. The van der Waals surface area contributed by atoms with Gasteiger partial charge >= 0.3 is 5.97 Å². The first-order valence-electron chi connectivity index (χ1n) is 13.0. The average molecular weight is 610 g/mol. The first kappa shape index (κ1) is 28.8. The SMILES string of the molecule is C=CCCCOC(=O)[C@H]1[C@H]2C(=O)N(CCCCO)C(C(=O)N(CC=C)c3ccccc3Cl)C23CC(Br)[C@@H]1O3. The molecule has 38 heavy (non-hydrogen) atoms. The topological polar surface area (TPSA) is 96.4 Å². The van der Waals surface area contributed by atoms with E-state index in [0.717, 1.165) is 0 Å². The molecule has 1 aromatic rings. The Hall–Kier alpha value is -2.20. The lowest BCUT2D eigenvalue weighted by Gasteiger charge is -2.37. The van der Waals surface area contributed by atoms with E-state index in [1.807, 2.05) is 0 Å². The van der Waals surface area contributed by atoms with Gasteiger partial charge in [0.1, 0.15) is 11.6 Å². The van der Waals surface area contributed by atoms with Gasteiger partial charge in [-0.25, -0.2) is 0 Å². The number of amides is 2. The summed E-state index contributed by atoms with van der Waals surface area (Å²) in [6, 6.07) is 6.04. The van der Waals surface area contributed by atoms with Crippen molar-refractivity contribution in [3.63, 3.8) is 0 Å². The van der Waals surface area contributed by atoms with Gasteiger partial charge in [-0.15, -0.1) is 13.2 Å². The molecule has 1 spiro atoms. The van der Waals surface area contributed by atoms with Gasteiger partial charge in [-0.2, -0.15) is 0 Å². The number of alkyl halides is 1. The summed E-state index contributed by atoms with van der Waals surface area (Å²) in [5.41, 5.74) is -0.694. The van der Waals surface area contributed by atoms with E-state index in [9.17, 15) is 19.5 Å². The van der Waals surface area contributed by atoms with Crippen LogP contribution in [0, 0.1) is 11.8 Å². The maximum Gasteiger partial charge on any atom is 0.312 e. The highest BCUT2D eigenvalue weighted by Crippen LogP contribution is 2.60. The molecule has 3 unspecified atom stereocenters. The molecule has 8 nitrogen and oxygen atoms in total. The van der Waals surface area contributed by atoms with Crippen LogP contribution in [0.1, 0.15) is 32.1 Å². The molecular formula is C28H34BrClN2O6.